The molecule has 1 saturated heterocycles. The topological polar surface area (TPSA) is 70.6 Å². The van der Waals surface area contributed by atoms with Crippen LogP contribution in [0.4, 0.5) is 5.82 Å². The predicted octanol–water partition coefficient (Wildman–Crippen LogP) is 3.44. The molecule has 0 aliphatic carbocycles. The maximum atomic E-state index is 13.2. The van der Waals surface area contributed by atoms with Gasteiger partial charge in [0, 0.05) is 25.7 Å². The van der Waals surface area contributed by atoms with Crippen LogP contribution in [0.3, 0.4) is 0 Å². The molecule has 4 rings (SSSR count). The third kappa shape index (κ3) is 4.50. The van der Waals surface area contributed by atoms with Crippen LogP contribution in [-0.2, 0) is 6.42 Å². The van der Waals surface area contributed by atoms with Crippen molar-refractivity contribution >= 4 is 33.3 Å². The van der Waals surface area contributed by atoms with Gasteiger partial charge in [-0.2, -0.15) is 0 Å². The molecule has 2 aromatic heterocycles. The number of nitrogens with one attached hydrogen (secondary N) is 1. The lowest BCUT2D eigenvalue weighted by Gasteiger charge is -2.20. The molecule has 1 atom stereocenters. The van der Waals surface area contributed by atoms with Gasteiger partial charge in [-0.3, -0.25) is 4.79 Å². The molecule has 1 N–H and O–H groups in total. The smallest absolute Gasteiger partial charge is 0.264 e. The van der Waals surface area contributed by atoms with Crippen LogP contribution in [0.1, 0.15) is 27.2 Å². The van der Waals surface area contributed by atoms with Gasteiger partial charge in [0.05, 0.1) is 17.4 Å². The van der Waals surface area contributed by atoms with E-state index in [1.165, 1.54) is 16.9 Å². The van der Waals surface area contributed by atoms with Gasteiger partial charge >= 0.3 is 0 Å². The first-order chi connectivity index (χ1) is 15.0. The molecule has 8 heteroatoms. The van der Waals surface area contributed by atoms with Gasteiger partial charge in [-0.15, -0.1) is 11.3 Å². The first kappa shape index (κ1) is 21.5. The Morgan fingerprint density at radius 3 is 2.94 bits per heavy atom. The first-order valence-electron chi connectivity index (χ1n) is 10.5. The summed E-state index contributed by atoms with van der Waals surface area (Å²) in [6.07, 6.45) is 3.43. The maximum Gasteiger partial charge on any atom is 0.264 e. The Hall–Kier alpha value is -2.71. The van der Waals surface area contributed by atoms with Crippen molar-refractivity contribution in [3.63, 3.8) is 0 Å². The van der Waals surface area contributed by atoms with Crippen molar-refractivity contribution in [3.05, 3.63) is 46.6 Å². The molecule has 0 unspecified atom stereocenters. The van der Waals surface area contributed by atoms with Gasteiger partial charge in [-0.05, 0) is 57.1 Å². The van der Waals surface area contributed by atoms with E-state index < -0.39 is 0 Å². The average molecular weight is 440 g/mol. The fraction of sp³-hybridized carbons (Fsp3) is 0.435. The van der Waals surface area contributed by atoms with Crippen molar-refractivity contribution in [2.45, 2.75) is 25.8 Å². The molecule has 31 heavy (non-hydrogen) atoms. The van der Waals surface area contributed by atoms with Crippen molar-refractivity contribution in [1.82, 2.24) is 19.8 Å². The second kappa shape index (κ2) is 9.20. The number of likely N-dealkylation sites (tertiary alicyclic amines) is 1. The summed E-state index contributed by atoms with van der Waals surface area (Å²) in [5.41, 5.74) is 2.15. The molecule has 164 valence electrons. The summed E-state index contributed by atoms with van der Waals surface area (Å²) in [7, 11) is 5.82. The van der Waals surface area contributed by atoms with E-state index in [1.54, 1.807) is 13.4 Å². The summed E-state index contributed by atoms with van der Waals surface area (Å²) in [5, 5.41) is 4.39. The highest BCUT2D eigenvalue weighted by molar-refractivity contribution is 7.20. The van der Waals surface area contributed by atoms with Gasteiger partial charge < -0.3 is 19.9 Å². The molecule has 1 aliphatic rings. The molecular weight excluding hydrogens is 410 g/mol. The zero-order valence-electron chi connectivity index (χ0n) is 18.5. The van der Waals surface area contributed by atoms with Crippen molar-refractivity contribution in [2.24, 2.45) is 0 Å². The number of nitrogens with zero attached hydrogens (tertiary/aromatic N) is 4. The Kier molecular flexibility index (Phi) is 6.38. The van der Waals surface area contributed by atoms with Crippen molar-refractivity contribution in [2.75, 3.05) is 46.2 Å². The van der Waals surface area contributed by atoms with E-state index >= 15 is 0 Å². The largest absolute Gasteiger partial charge is 0.497 e. The third-order valence-corrected chi connectivity index (χ3v) is 7.13. The number of carbonyl (C=O) groups excluding carboxylic acids is 1. The van der Waals surface area contributed by atoms with Gasteiger partial charge in [0.25, 0.3) is 5.91 Å². The summed E-state index contributed by atoms with van der Waals surface area (Å²) < 4.78 is 5.30. The number of rotatable bonds is 7. The number of thiophene rings is 1. The lowest BCUT2D eigenvalue weighted by atomic mass is 10.1. The number of hydrogen-bond donors (Lipinski definition) is 1. The number of fused-ring (bicyclic) bond motifs is 1. The summed E-state index contributed by atoms with van der Waals surface area (Å²) in [4.78, 5) is 27.9. The second-order valence-corrected chi connectivity index (χ2v) is 9.14. The highest BCUT2D eigenvalue weighted by Gasteiger charge is 2.30. The van der Waals surface area contributed by atoms with E-state index in [0.717, 1.165) is 64.7 Å². The van der Waals surface area contributed by atoms with Crippen molar-refractivity contribution in [1.29, 1.82) is 0 Å². The van der Waals surface area contributed by atoms with E-state index in [4.69, 9.17) is 4.74 Å². The summed E-state index contributed by atoms with van der Waals surface area (Å²) in [5.74, 6) is 1.75. The van der Waals surface area contributed by atoms with Gasteiger partial charge in [0.1, 0.15) is 22.7 Å². The normalized spacial score (nSPS) is 16.3. The van der Waals surface area contributed by atoms with E-state index in [0.29, 0.717) is 6.04 Å². The van der Waals surface area contributed by atoms with Gasteiger partial charge in [-0.25, -0.2) is 9.97 Å². The minimum Gasteiger partial charge on any atom is -0.497 e. The van der Waals surface area contributed by atoms with Crippen molar-refractivity contribution < 1.29 is 9.53 Å². The van der Waals surface area contributed by atoms with Gasteiger partial charge in [0.15, 0.2) is 0 Å². The Balaban J connectivity index is 1.50. The number of aromatic nitrogens is 2. The molecule has 3 heterocycles. The van der Waals surface area contributed by atoms with Crippen LogP contribution in [0.2, 0.25) is 0 Å². The standard InChI is InChI=1S/C23H29N5O2S/c1-15-19-21(24-10-8-16-6-5-7-18(12-16)30-4)25-14-26-22(19)31-20(15)23(29)28-11-9-17(13-28)27(2)3/h5-7,12,14,17H,8-11,13H2,1-4H3,(H,24,25,26)/t17-/m0/s1. The van der Waals surface area contributed by atoms with Gasteiger partial charge in [0.2, 0.25) is 0 Å². The molecule has 3 aromatic rings. The zero-order valence-corrected chi connectivity index (χ0v) is 19.3. The highest BCUT2D eigenvalue weighted by atomic mass is 32.1. The Bertz CT molecular complexity index is 1080. The zero-order chi connectivity index (χ0) is 22.0. The van der Waals surface area contributed by atoms with Crippen molar-refractivity contribution in [3.8, 4) is 5.75 Å². The average Bonchev–Trinajstić information content (AvgIpc) is 3.39. The number of ether oxygens (including phenoxy) is 1. The number of likely N-dealkylation sites (N-methyl/N-ethyl adjacent to an activating group) is 1. The minimum absolute atomic E-state index is 0.104. The second-order valence-electron chi connectivity index (χ2n) is 8.14. The third-order valence-electron chi connectivity index (χ3n) is 5.94. The number of carbonyl (C=O) groups is 1. The first-order valence-corrected chi connectivity index (χ1v) is 11.4. The van der Waals surface area contributed by atoms with E-state index in [9.17, 15) is 4.79 Å². The highest BCUT2D eigenvalue weighted by Crippen LogP contribution is 2.34. The summed E-state index contributed by atoms with van der Waals surface area (Å²) in [6.45, 7) is 4.31. The number of anilines is 1. The van der Waals surface area contributed by atoms with E-state index in [-0.39, 0.29) is 5.91 Å². The van der Waals surface area contributed by atoms with E-state index in [2.05, 4.69) is 40.3 Å². The molecule has 1 aliphatic heterocycles. The minimum atomic E-state index is 0.104. The fourth-order valence-electron chi connectivity index (χ4n) is 4.05. The number of amides is 1. The van der Waals surface area contributed by atoms with Crippen LogP contribution in [0.15, 0.2) is 30.6 Å². The Morgan fingerprint density at radius 1 is 1.35 bits per heavy atom. The Labute approximate surface area is 187 Å². The van der Waals surface area contributed by atoms with Crippen LogP contribution < -0.4 is 10.1 Å². The molecule has 1 amide bonds. The monoisotopic (exact) mass is 439 g/mol. The number of benzene rings is 1. The van der Waals surface area contributed by atoms with Crippen LogP contribution in [0, 0.1) is 6.92 Å². The van der Waals surface area contributed by atoms with Crippen LogP contribution >= 0.6 is 11.3 Å². The molecule has 0 saturated carbocycles. The SMILES string of the molecule is COc1cccc(CCNc2ncnc3sc(C(=O)N4CC[C@H](N(C)C)C4)c(C)c23)c1. The molecule has 0 radical (unpaired) electrons. The number of aryl methyl sites for hydroxylation is 1. The molecule has 0 bridgehead atoms. The lowest BCUT2D eigenvalue weighted by Crippen LogP contribution is -2.34. The summed E-state index contributed by atoms with van der Waals surface area (Å²) >= 11 is 1.46. The van der Waals surface area contributed by atoms with Crippen LogP contribution in [0.5, 0.6) is 5.75 Å². The predicted molar refractivity (Wildman–Crippen MR) is 125 cm³/mol. The molecule has 0 spiro atoms. The lowest BCUT2D eigenvalue weighted by molar-refractivity contribution is 0.0787. The quantitative estimate of drug-likeness (QED) is 0.608. The molecule has 7 nitrogen and oxygen atoms in total. The fourth-order valence-corrected chi connectivity index (χ4v) is 5.17. The van der Waals surface area contributed by atoms with E-state index in [1.807, 2.05) is 30.0 Å². The molecule has 1 aromatic carbocycles. The van der Waals surface area contributed by atoms with Gasteiger partial charge in [-0.1, -0.05) is 12.1 Å². The van der Waals surface area contributed by atoms with Crippen LogP contribution in [-0.4, -0.2) is 72.6 Å². The number of hydrogen-bond acceptors (Lipinski definition) is 7. The molecular formula is C23H29N5O2S. The molecule has 1 fully saturated rings. The van der Waals surface area contributed by atoms with Crippen LogP contribution in [0.25, 0.3) is 10.2 Å². The number of methoxy groups -OCH3 is 1. The Morgan fingerprint density at radius 2 is 2.19 bits per heavy atom. The maximum absolute atomic E-state index is 13.2. The summed E-state index contributed by atoms with van der Waals surface area (Å²) in [6, 6.07) is 8.49.